The molecule has 2 atom stereocenters. The van der Waals surface area contributed by atoms with Gasteiger partial charge >= 0.3 is 0 Å². The number of aldehydes is 1. The molecule has 0 bridgehead atoms. The largest absolute Gasteiger partial charge is 0.394 e. The van der Waals surface area contributed by atoms with E-state index in [1.165, 1.54) is 0 Å². The Balaban J connectivity index is 2.17. The van der Waals surface area contributed by atoms with E-state index in [4.69, 9.17) is 5.11 Å². The smallest absolute Gasteiger partial charge is 0.151 e. The van der Waals surface area contributed by atoms with Crippen molar-refractivity contribution in [2.75, 3.05) is 6.61 Å². The molecular weight excluding hydrogens is 96.0 g/mol. The van der Waals surface area contributed by atoms with Crippen LogP contribution in [0.15, 0.2) is 0 Å². The van der Waals surface area contributed by atoms with Crippen LogP contribution in [-0.4, -0.2) is 30.2 Å². The third-order valence-electron chi connectivity index (χ3n) is 0.936. The number of aliphatic hydroxyl groups is 1. The Kier molecular flexibility index (Phi) is 1.08. The summed E-state index contributed by atoms with van der Waals surface area (Å²) >= 11 is 0. The summed E-state index contributed by atoms with van der Waals surface area (Å²) in [4.78, 5) is 9.70. The van der Waals surface area contributed by atoms with Gasteiger partial charge in [0.05, 0.1) is 6.61 Å². The van der Waals surface area contributed by atoms with Gasteiger partial charge in [-0.1, -0.05) is 0 Å². The second-order valence-electron chi connectivity index (χ2n) is 1.46. The van der Waals surface area contributed by atoms with E-state index in [2.05, 4.69) is 4.74 Å². The molecule has 7 heavy (non-hydrogen) atoms. The standard InChI is InChI=1S/C4H6O3/c5-1-3-4(2-6)7-3/h1,3-4,6H,2H2. The Morgan fingerprint density at radius 2 is 2.57 bits per heavy atom. The van der Waals surface area contributed by atoms with Gasteiger partial charge in [-0.05, 0) is 0 Å². The first-order valence-electron chi connectivity index (χ1n) is 2.10. The quantitative estimate of drug-likeness (QED) is 0.357. The molecule has 0 spiro atoms. The first-order valence-corrected chi connectivity index (χ1v) is 2.10. The Hall–Kier alpha value is -0.410. The molecule has 2 unspecified atom stereocenters. The van der Waals surface area contributed by atoms with Gasteiger partial charge in [0.1, 0.15) is 12.2 Å². The molecule has 1 aliphatic rings. The molecule has 1 aliphatic heterocycles. The Morgan fingerprint density at radius 1 is 1.86 bits per heavy atom. The molecule has 1 heterocycles. The summed E-state index contributed by atoms with van der Waals surface area (Å²) in [5.74, 6) is 0. The molecule has 1 saturated heterocycles. The zero-order valence-corrected chi connectivity index (χ0v) is 3.70. The summed E-state index contributed by atoms with van der Waals surface area (Å²) in [5.41, 5.74) is 0. The number of hydrogen-bond donors (Lipinski definition) is 1. The summed E-state index contributed by atoms with van der Waals surface area (Å²) in [6, 6.07) is 0. The molecule has 0 radical (unpaired) electrons. The number of hydrogen-bond acceptors (Lipinski definition) is 3. The summed E-state index contributed by atoms with van der Waals surface area (Å²) in [7, 11) is 0. The predicted molar refractivity (Wildman–Crippen MR) is 21.8 cm³/mol. The van der Waals surface area contributed by atoms with Gasteiger partial charge in [-0.25, -0.2) is 0 Å². The number of carbonyl (C=O) groups excluding carboxylic acids is 1. The third kappa shape index (κ3) is 0.783. The minimum absolute atomic E-state index is 0.0383. The second-order valence-corrected chi connectivity index (χ2v) is 1.46. The number of ether oxygens (including phenoxy) is 1. The molecule has 0 saturated carbocycles. The Bertz CT molecular complexity index is 81.0. The van der Waals surface area contributed by atoms with Gasteiger partial charge < -0.3 is 14.6 Å². The maximum atomic E-state index is 9.70. The summed E-state index contributed by atoms with van der Waals surface area (Å²) in [5, 5.41) is 8.22. The summed E-state index contributed by atoms with van der Waals surface area (Å²) in [6.45, 7) is -0.0383. The summed E-state index contributed by atoms with van der Waals surface area (Å²) < 4.78 is 4.60. The fraction of sp³-hybridized carbons (Fsp3) is 0.750. The fourth-order valence-corrected chi connectivity index (χ4v) is 0.423. The minimum atomic E-state index is -0.315. The highest BCUT2D eigenvalue weighted by molar-refractivity contribution is 5.60. The van der Waals surface area contributed by atoms with Gasteiger partial charge in [-0.2, -0.15) is 0 Å². The molecule has 0 aromatic carbocycles. The number of epoxide rings is 1. The maximum Gasteiger partial charge on any atom is 0.151 e. The van der Waals surface area contributed by atoms with E-state index in [0.29, 0.717) is 6.29 Å². The maximum absolute atomic E-state index is 9.70. The van der Waals surface area contributed by atoms with Crippen LogP contribution in [0.2, 0.25) is 0 Å². The second kappa shape index (κ2) is 1.60. The topological polar surface area (TPSA) is 49.8 Å². The van der Waals surface area contributed by atoms with E-state index in [-0.39, 0.29) is 18.8 Å². The van der Waals surface area contributed by atoms with E-state index in [1.54, 1.807) is 0 Å². The molecular formula is C4H6O3. The van der Waals surface area contributed by atoms with Crippen molar-refractivity contribution in [3.63, 3.8) is 0 Å². The van der Waals surface area contributed by atoms with Gasteiger partial charge in [0.25, 0.3) is 0 Å². The highest BCUT2D eigenvalue weighted by Gasteiger charge is 2.37. The molecule has 1 N–H and O–H groups in total. The normalized spacial score (nSPS) is 37.9. The van der Waals surface area contributed by atoms with Gasteiger partial charge in [0, 0.05) is 0 Å². The average Bonchev–Trinajstić information content (AvgIpc) is 2.43. The number of aliphatic hydroxyl groups excluding tert-OH is 1. The molecule has 40 valence electrons. The molecule has 3 nitrogen and oxygen atoms in total. The highest BCUT2D eigenvalue weighted by atomic mass is 16.6. The lowest BCUT2D eigenvalue weighted by Gasteiger charge is -1.72. The molecule has 3 heteroatoms. The van der Waals surface area contributed by atoms with E-state index in [1.807, 2.05) is 0 Å². The number of carbonyl (C=O) groups is 1. The van der Waals surface area contributed by atoms with E-state index in [9.17, 15) is 4.79 Å². The van der Waals surface area contributed by atoms with Crippen molar-refractivity contribution in [3.05, 3.63) is 0 Å². The number of rotatable bonds is 2. The Labute approximate surface area is 40.9 Å². The molecule has 1 rings (SSSR count). The monoisotopic (exact) mass is 102 g/mol. The van der Waals surface area contributed by atoms with Crippen molar-refractivity contribution in [1.29, 1.82) is 0 Å². The van der Waals surface area contributed by atoms with Crippen LogP contribution in [0.1, 0.15) is 0 Å². The van der Waals surface area contributed by atoms with Gasteiger partial charge in [0.2, 0.25) is 0 Å². The minimum Gasteiger partial charge on any atom is -0.394 e. The van der Waals surface area contributed by atoms with Gasteiger partial charge in [-0.3, -0.25) is 0 Å². The van der Waals surface area contributed by atoms with Crippen molar-refractivity contribution in [2.24, 2.45) is 0 Å². The van der Waals surface area contributed by atoms with Crippen LogP contribution >= 0.6 is 0 Å². The van der Waals surface area contributed by atoms with E-state index >= 15 is 0 Å². The summed E-state index contributed by atoms with van der Waals surface area (Å²) in [6.07, 6.45) is 0.184. The van der Waals surface area contributed by atoms with Crippen LogP contribution in [0.4, 0.5) is 0 Å². The zero-order chi connectivity index (χ0) is 5.28. The molecule has 0 aromatic rings. The molecule has 0 aromatic heterocycles. The van der Waals surface area contributed by atoms with Crippen LogP contribution in [0, 0.1) is 0 Å². The van der Waals surface area contributed by atoms with Crippen molar-refractivity contribution < 1.29 is 14.6 Å². The van der Waals surface area contributed by atoms with Crippen LogP contribution in [-0.2, 0) is 9.53 Å². The van der Waals surface area contributed by atoms with Crippen LogP contribution in [0.5, 0.6) is 0 Å². The highest BCUT2D eigenvalue weighted by Crippen LogP contribution is 2.17. The van der Waals surface area contributed by atoms with Crippen LogP contribution < -0.4 is 0 Å². The van der Waals surface area contributed by atoms with E-state index < -0.39 is 0 Å². The van der Waals surface area contributed by atoms with E-state index in [0.717, 1.165) is 0 Å². The molecule has 1 fully saturated rings. The Morgan fingerprint density at radius 3 is 2.71 bits per heavy atom. The molecule has 0 aliphatic carbocycles. The molecule has 0 amide bonds. The first kappa shape index (κ1) is 4.74. The van der Waals surface area contributed by atoms with Crippen molar-refractivity contribution >= 4 is 6.29 Å². The lowest BCUT2D eigenvalue weighted by atomic mass is 10.4. The average molecular weight is 102 g/mol. The lowest BCUT2D eigenvalue weighted by Crippen LogP contribution is -1.98. The van der Waals surface area contributed by atoms with Crippen molar-refractivity contribution in [1.82, 2.24) is 0 Å². The predicted octanol–water partition coefficient (Wildman–Crippen LogP) is -1.05. The zero-order valence-electron chi connectivity index (χ0n) is 3.70. The van der Waals surface area contributed by atoms with Crippen molar-refractivity contribution in [2.45, 2.75) is 12.2 Å². The van der Waals surface area contributed by atoms with Crippen molar-refractivity contribution in [3.8, 4) is 0 Å². The van der Waals surface area contributed by atoms with Gasteiger partial charge in [-0.15, -0.1) is 0 Å². The van der Waals surface area contributed by atoms with Gasteiger partial charge in [0.15, 0.2) is 6.29 Å². The lowest BCUT2D eigenvalue weighted by molar-refractivity contribution is -0.108. The fourth-order valence-electron chi connectivity index (χ4n) is 0.423. The van der Waals surface area contributed by atoms with Crippen LogP contribution in [0.3, 0.4) is 0 Å². The third-order valence-corrected chi connectivity index (χ3v) is 0.936. The first-order chi connectivity index (χ1) is 3.38. The SMILES string of the molecule is O=CC1OC1CO. The van der Waals surface area contributed by atoms with Crippen LogP contribution in [0.25, 0.3) is 0 Å².